The summed E-state index contributed by atoms with van der Waals surface area (Å²) < 4.78 is 1.67. The van der Waals surface area contributed by atoms with Gasteiger partial charge < -0.3 is 10.2 Å². The maximum atomic E-state index is 12.2. The van der Waals surface area contributed by atoms with Gasteiger partial charge in [-0.05, 0) is 37.3 Å². The van der Waals surface area contributed by atoms with Crippen LogP contribution in [0.4, 0.5) is 10.5 Å². The number of urea groups is 1. The zero-order valence-corrected chi connectivity index (χ0v) is 14.1. The van der Waals surface area contributed by atoms with E-state index in [0.29, 0.717) is 13.1 Å². The minimum atomic E-state index is -0.116. The van der Waals surface area contributed by atoms with Gasteiger partial charge in [-0.15, -0.1) is 11.3 Å². The van der Waals surface area contributed by atoms with Crippen molar-refractivity contribution in [3.8, 4) is 0 Å². The van der Waals surface area contributed by atoms with Crippen molar-refractivity contribution in [1.82, 2.24) is 4.90 Å². The van der Waals surface area contributed by atoms with Gasteiger partial charge in [0.15, 0.2) is 0 Å². The molecule has 1 aromatic carbocycles. The molecule has 0 spiro atoms. The van der Waals surface area contributed by atoms with Crippen molar-refractivity contribution in [2.24, 2.45) is 0 Å². The van der Waals surface area contributed by atoms with E-state index < -0.39 is 0 Å². The molecule has 3 nitrogen and oxygen atoms in total. The summed E-state index contributed by atoms with van der Waals surface area (Å²) in [6.45, 7) is 3.15. The highest BCUT2D eigenvalue weighted by atomic mass is 79.9. The molecule has 6 heteroatoms. The Morgan fingerprint density at radius 2 is 2.20 bits per heavy atom. The van der Waals surface area contributed by atoms with Crippen LogP contribution in [0.15, 0.2) is 40.9 Å². The first-order chi connectivity index (χ1) is 9.58. The molecule has 0 bridgehead atoms. The van der Waals surface area contributed by atoms with Gasteiger partial charge in [0.2, 0.25) is 0 Å². The number of nitrogens with zero attached hydrogens (tertiary/aromatic N) is 1. The Morgan fingerprint density at radius 3 is 2.80 bits per heavy atom. The molecule has 2 rings (SSSR count). The van der Waals surface area contributed by atoms with Gasteiger partial charge in [0, 0.05) is 21.6 Å². The lowest BCUT2D eigenvalue weighted by molar-refractivity contribution is 0.212. The van der Waals surface area contributed by atoms with Gasteiger partial charge in [-0.1, -0.05) is 33.6 Å². The number of hydrogen-bond donors (Lipinski definition) is 1. The first kappa shape index (κ1) is 15.4. The number of amides is 2. The van der Waals surface area contributed by atoms with E-state index >= 15 is 0 Å². The number of halogens is 2. The molecule has 106 valence electrons. The Bertz CT molecular complexity index is 602. The molecule has 0 atom stereocenters. The predicted octanol–water partition coefficient (Wildman–Crippen LogP) is 5.22. The molecule has 2 amide bonds. The summed E-state index contributed by atoms with van der Waals surface area (Å²) in [7, 11) is 0. The molecule has 1 N–H and O–H groups in total. The van der Waals surface area contributed by atoms with E-state index in [2.05, 4.69) is 21.2 Å². The molecule has 0 saturated heterocycles. The molecule has 2 aromatic rings. The maximum Gasteiger partial charge on any atom is 0.322 e. The van der Waals surface area contributed by atoms with Crippen molar-refractivity contribution in [2.45, 2.75) is 13.5 Å². The van der Waals surface area contributed by atoms with E-state index in [-0.39, 0.29) is 6.03 Å². The number of carbonyl (C=O) groups excluding carboxylic acids is 1. The van der Waals surface area contributed by atoms with Crippen molar-refractivity contribution in [3.05, 3.63) is 50.1 Å². The Labute approximate surface area is 135 Å². The molecule has 20 heavy (non-hydrogen) atoms. The Morgan fingerprint density at radius 1 is 1.40 bits per heavy atom. The molecular formula is C14H14BrClN2OS. The van der Waals surface area contributed by atoms with Crippen LogP contribution >= 0.6 is 38.9 Å². The zero-order valence-electron chi connectivity index (χ0n) is 10.9. The third kappa shape index (κ3) is 4.23. The average molecular weight is 374 g/mol. The van der Waals surface area contributed by atoms with Crippen LogP contribution < -0.4 is 5.32 Å². The lowest BCUT2D eigenvalue weighted by Crippen LogP contribution is -2.34. The molecular weight excluding hydrogens is 360 g/mol. The van der Waals surface area contributed by atoms with E-state index in [1.54, 1.807) is 4.90 Å². The fraction of sp³-hybridized carbons (Fsp3) is 0.214. The molecule has 0 aliphatic heterocycles. The van der Waals surface area contributed by atoms with Gasteiger partial charge in [-0.2, -0.15) is 0 Å². The molecule has 0 radical (unpaired) electrons. The predicted molar refractivity (Wildman–Crippen MR) is 88.6 cm³/mol. The minimum absolute atomic E-state index is 0.116. The molecule has 0 aliphatic rings. The van der Waals surface area contributed by atoms with Crippen molar-refractivity contribution in [3.63, 3.8) is 0 Å². The Kier molecular flexibility index (Phi) is 5.46. The maximum absolute atomic E-state index is 12.2. The summed E-state index contributed by atoms with van der Waals surface area (Å²) in [5.41, 5.74) is 0.770. The number of anilines is 1. The molecule has 0 fully saturated rings. The monoisotopic (exact) mass is 372 g/mol. The van der Waals surface area contributed by atoms with E-state index in [1.807, 2.05) is 43.3 Å². The van der Waals surface area contributed by atoms with Gasteiger partial charge in [0.1, 0.15) is 0 Å². The summed E-state index contributed by atoms with van der Waals surface area (Å²) in [4.78, 5) is 15.0. The third-order valence-electron chi connectivity index (χ3n) is 2.72. The highest BCUT2D eigenvalue weighted by molar-refractivity contribution is 9.10. The van der Waals surface area contributed by atoms with E-state index in [9.17, 15) is 4.79 Å². The number of nitrogens with one attached hydrogen (secondary N) is 1. The van der Waals surface area contributed by atoms with Crippen molar-refractivity contribution < 1.29 is 4.79 Å². The van der Waals surface area contributed by atoms with Crippen molar-refractivity contribution >= 4 is 50.6 Å². The summed E-state index contributed by atoms with van der Waals surface area (Å²) in [6, 6.07) is 11.2. The molecule has 0 aliphatic carbocycles. The number of carbonyl (C=O) groups is 1. The van der Waals surface area contributed by atoms with Crippen molar-refractivity contribution in [1.29, 1.82) is 0 Å². The highest BCUT2D eigenvalue weighted by Crippen LogP contribution is 2.23. The van der Waals surface area contributed by atoms with Crippen LogP contribution in [0.1, 0.15) is 11.8 Å². The summed E-state index contributed by atoms with van der Waals surface area (Å²) in [5, 5.41) is 2.89. The average Bonchev–Trinajstić information content (AvgIpc) is 2.81. The minimum Gasteiger partial charge on any atom is -0.320 e. The van der Waals surface area contributed by atoms with Gasteiger partial charge in [-0.25, -0.2) is 4.79 Å². The van der Waals surface area contributed by atoms with Gasteiger partial charge >= 0.3 is 6.03 Å². The number of hydrogen-bond acceptors (Lipinski definition) is 2. The van der Waals surface area contributed by atoms with Gasteiger partial charge in [-0.3, -0.25) is 0 Å². The number of benzene rings is 1. The molecule has 1 heterocycles. The van der Waals surface area contributed by atoms with E-state index in [1.165, 1.54) is 11.3 Å². The lowest BCUT2D eigenvalue weighted by Gasteiger charge is -2.20. The van der Waals surface area contributed by atoms with Crippen molar-refractivity contribution in [2.75, 3.05) is 11.9 Å². The first-order valence-electron chi connectivity index (χ1n) is 6.14. The smallest absolute Gasteiger partial charge is 0.320 e. The zero-order chi connectivity index (χ0) is 14.5. The lowest BCUT2D eigenvalue weighted by atomic mass is 10.3. The third-order valence-corrected chi connectivity index (χ3v) is 4.43. The van der Waals surface area contributed by atoms with Crippen LogP contribution in [0.3, 0.4) is 0 Å². The SMILES string of the molecule is CCN(Cc1ccc(Cl)s1)C(=O)Nc1cccc(Br)c1. The fourth-order valence-electron chi connectivity index (χ4n) is 1.72. The van der Waals surface area contributed by atoms with Crippen LogP contribution in [-0.4, -0.2) is 17.5 Å². The van der Waals surface area contributed by atoms with E-state index in [4.69, 9.17) is 11.6 Å². The Hall–Kier alpha value is -1.04. The number of thiophene rings is 1. The van der Waals surface area contributed by atoms with Gasteiger partial charge in [0.25, 0.3) is 0 Å². The second kappa shape index (κ2) is 7.11. The second-order valence-corrected chi connectivity index (χ2v) is 6.88. The summed E-state index contributed by atoms with van der Waals surface area (Å²) in [5.74, 6) is 0. The quantitative estimate of drug-likeness (QED) is 0.783. The fourth-order valence-corrected chi connectivity index (χ4v) is 3.22. The molecule has 0 saturated carbocycles. The topological polar surface area (TPSA) is 32.3 Å². The Balaban J connectivity index is 2.02. The number of rotatable bonds is 4. The molecule has 0 unspecified atom stereocenters. The normalized spacial score (nSPS) is 10.3. The first-order valence-corrected chi connectivity index (χ1v) is 8.13. The van der Waals surface area contributed by atoms with Crippen LogP contribution in [0.25, 0.3) is 0 Å². The van der Waals surface area contributed by atoms with Crippen LogP contribution in [0, 0.1) is 0 Å². The summed E-state index contributed by atoms with van der Waals surface area (Å²) >= 11 is 10.8. The standard InChI is InChI=1S/C14H14BrClN2OS/c1-2-18(9-12-6-7-13(16)20-12)14(19)17-11-5-3-4-10(15)8-11/h3-8H,2,9H2,1H3,(H,17,19). The molecule has 1 aromatic heterocycles. The van der Waals surface area contributed by atoms with Crippen LogP contribution in [0.2, 0.25) is 4.34 Å². The highest BCUT2D eigenvalue weighted by Gasteiger charge is 2.13. The summed E-state index contributed by atoms with van der Waals surface area (Å²) in [6.07, 6.45) is 0. The second-order valence-electron chi connectivity index (χ2n) is 4.16. The van der Waals surface area contributed by atoms with Gasteiger partial charge in [0.05, 0.1) is 10.9 Å². The van der Waals surface area contributed by atoms with Crippen LogP contribution in [0.5, 0.6) is 0 Å². The van der Waals surface area contributed by atoms with Crippen LogP contribution in [-0.2, 0) is 6.54 Å². The largest absolute Gasteiger partial charge is 0.322 e. The van der Waals surface area contributed by atoms with E-state index in [0.717, 1.165) is 19.4 Å².